The molecule has 0 aliphatic heterocycles. The molecule has 18 heavy (non-hydrogen) atoms. The third-order valence-electron chi connectivity index (χ3n) is 2.43. The van der Waals surface area contributed by atoms with Crippen molar-refractivity contribution in [3.63, 3.8) is 0 Å². The largest absolute Gasteiger partial charge is 0.386 e. The highest BCUT2D eigenvalue weighted by atomic mass is 35.5. The smallest absolute Gasteiger partial charge is 0.251 e. The molecule has 0 radical (unpaired) electrons. The number of hydrogen-bond acceptors (Lipinski definition) is 3. The van der Waals surface area contributed by atoms with Gasteiger partial charge in [-0.15, -0.1) is 11.3 Å². The van der Waals surface area contributed by atoms with Crippen LogP contribution in [0.2, 0.25) is 5.02 Å². The van der Waals surface area contributed by atoms with Gasteiger partial charge in [-0.05, 0) is 35.7 Å². The SMILES string of the molecule is O=C(NCC(O)c1cccs1)c1ccc(Cl)cc1. The predicted molar refractivity (Wildman–Crippen MR) is 73.1 cm³/mol. The lowest BCUT2D eigenvalue weighted by Crippen LogP contribution is -2.28. The van der Waals surface area contributed by atoms with Crippen LogP contribution in [0.5, 0.6) is 0 Å². The van der Waals surface area contributed by atoms with Gasteiger partial charge >= 0.3 is 0 Å². The van der Waals surface area contributed by atoms with Gasteiger partial charge in [-0.1, -0.05) is 17.7 Å². The Kier molecular flexibility index (Phi) is 4.36. The fraction of sp³-hybridized carbons (Fsp3) is 0.154. The quantitative estimate of drug-likeness (QED) is 0.905. The lowest BCUT2D eigenvalue weighted by molar-refractivity contribution is 0.0918. The molecule has 0 saturated heterocycles. The number of rotatable bonds is 4. The van der Waals surface area contributed by atoms with Crippen LogP contribution >= 0.6 is 22.9 Å². The Morgan fingerprint density at radius 2 is 2.06 bits per heavy atom. The summed E-state index contributed by atoms with van der Waals surface area (Å²) >= 11 is 7.20. The molecule has 0 aliphatic carbocycles. The second kappa shape index (κ2) is 6.00. The van der Waals surface area contributed by atoms with Gasteiger partial charge in [0.1, 0.15) is 6.10 Å². The maximum Gasteiger partial charge on any atom is 0.251 e. The molecule has 1 heterocycles. The van der Waals surface area contributed by atoms with Crippen molar-refractivity contribution in [3.05, 3.63) is 57.2 Å². The number of nitrogens with one attached hydrogen (secondary N) is 1. The minimum atomic E-state index is -0.666. The Morgan fingerprint density at radius 1 is 1.33 bits per heavy atom. The van der Waals surface area contributed by atoms with Crippen LogP contribution in [0.1, 0.15) is 21.3 Å². The van der Waals surface area contributed by atoms with Crippen LogP contribution in [0.15, 0.2) is 41.8 Å². The van der Waals surface area contributed by atoms with E-state index < -0.39 is 6.10 Å². The number of thiophene rings is 1. The minimum Gasteiger partial charge on any atom is -0.386 e. The first-order valence-corrected chi connectivity index (χ1v) is 6.68. The van der Waals surface area contributed by atoms with E-state index in [0.29, 0.717) is 10.6 Å². The zero-order valence-corrected chi connectivity index (χ0v) is 11.0. The summed E-state index contributed by atoms with van der Waals surface area (Å²) in [7, 11) is 0. The molecule has 2 aromatic rings. The van der Waals surface area contributed by atoms with E-state index in [-0.39, 0.29) is 12.5 Å². The summed E-state index contributed by atoms with van der Waals surface area (Å²) in [4.78, 5) is 12.6. The standard InChI is InChI=1S/C13H12ClNO2S/c14-10-5-3-9(4-6-10)13(17)15-8-11(16)12-2-1-7-18-12/h1-7,11,16H,8H2,(H,15,17). The summed E-state index contributed by atoms with van der Waals surface area (Å²) in [5, 5.41) is 15.0. The van der Waals surface area contributed by atoms with Crippen molar-refractivity contribution in [2.45, 2.75) is 6.10 Å². The van der Waals surface area contributed by atoms with E-state index in [0.717, 1.165) is 4.88 Å². The molecule has 5 heteroatoms. The number of amides is 1. The first-order valence-electron chi connectivity index (χ1n) is 5.42. The van der Waals surface area contributed by atoms with Crippen molar-refractivity contribution in [1.82, 2.24) is 5.32 Å². The van der Waals surface area contributed by atoms with Crippen LogP contribution in [0.3, 0.4) is 0 Å². The maximum atomic E-state index is 11.8. The average molecular weight is 282 g/mol. The van der Waals surface area contributed by atoms with E-state index >= 15 is 0 Å². The topological polar surface area (TPSA) is 49.3 Å². The highest BCUT2D eigenvalue weighted by Crippen LogP contribution is 2.17. The molecule has 0 fully saturated rings. The van der Waals surface area contributed by atoms with Gasteiger partial charge in [-0.25, -0.2) is 0 Å². The van der Waals surface area contributed by atoms with Crippen LogP contribution in [0.4, 0.5) is 0 Å². The molecular weight excluding hydrogens is 270 g/mol. The summed E-state index contributed by atoms with van der Waals surface area (Å²) in [6, 6.07) is 10.3. The van der Waals surface area contributed by atoms with E-state index in [1.54, 1.807) is 24.3 Å². The van der Waals surface area contributed by atoms with Gasteiger partial charge in [-0.2, -0.15) is 0 Å². The van der Waals surface area contributed by atoms with Crippen LogP contribution in [0, 0.1) is 0 Å². The number of benzene rings is 1. The molecule has 0 spiro atoms. The molecule has 1 amide bonds. The van der Waals surface area contributed by atoms with Crippen molar-refractivity contribution < 1.29 is 9.90 Å². The molecule has 0 aliphatic rings. The van der Waals surface area contributed by atoms with Gasteiger partial charge in [0.2, 0.25) is 0 Å². The Labute approximate surface area is 114 Å². The number of carbonyl (C=O) groups is 1. The van der Waals surface area contributed by atoms with Crippen molar-refractivity contribution in [2.24, 2.45) is 0 Å². The number of aliphatic hydroxyl groups excluding tert-OH is 1. The molecule has 1 aromatic heterocycles. The van der Waals surface area contributed by atoms with Crippen LogP contribution in [-0.2, 0) is 0 Å². The number of aliphatic hydroxyl groups is 1. The van der Waals surface area contributed by atoms with Crippen LogP contribution in [-0.4, -0.2) is 17.6 Å². The van der Waals surface area contributed by atoms with E-state index in [1.165, 1.54) is 11.3 Å². The van der Waals surface area contributed by atoms with E-state index in [1.807, 2.05) is 17.5 Å². The van der Waals surface area contributed by atoms with Gasteiger partial charge in [0.05, 0.1) is 0 Å². The van der Waals surface area contributed by atoms with Gasteiger partial charge in [0.15, 0.2) is 0 Å². The van der Waals surface area contributed by atoms with Gasteiger partial charge in [0.25, 0.3) is 5.91 Å². The summed E-state index contributed by atoms with van der Waals surface area (Å²) in [6.07, 6.45) is -0.666. The zero-order chi connectivity index (χ0) is 13.0. The summed E-state index contributed by atoms with van der Waals surface area (Å²) < 4.78 is 0. The molecule has 94 valence electrons. The third kappa shape index (κ3) is 3.32. The van der Waals surface area contributed by atoms with Crippen molar-refractivity contribution in [1.29, 1.82) is 0 Å². The minimum absolute atomic E-state index is 0.196. The first-order chi connectivity index (χ1) is 8.66. The maximum absolute atomic E-state index is 11.8. The average Bonchev–Trinajstić information content (AvgIpc) is 2.90. The second-order valence-electron chi connectivity index (χ2n) is 3.75. The molecule has 0 saturated carbocycles. The number of halogens is 1. The van der Waals surface area contributed by atoms with Crippen LogP contribution in [0.25, 0.3) is 0 Å². The van der Waals surface area contributed by atoms with E-state index in [2.05, 4.69) is 5.32 Å². The molecule has 2 N–H and O–H groups in total. The van der Waals surface area contributed by atoms with Gasteiger partial charge in [0, 0.05) is 22.0 Å². The highest BCUT2D eigenvalue weighted by molar-refractivity contribution is 7.10. The molecular formula is C13H12ClNO2S. The number of hydrogen-bond donors (Lipinski definition) is 2. The van der Waals surface area contributed by atoms with E-state index in [9.17, 15) is 9.90 Å². The fourth-order valence-corrected chi connectivity index (χ4v) is 2.31. The lowest BCUT2D eigenvalue weighted by Gasteiger charge is -2.10. The Hall–Kier alpha value is -1.36. The van der Waals surface area contributed by atoms with Crippen molar-refractivity contribution >= 4 is 28.8 Å². The Bertz CT molecular complexity index is 510. The summed E-state index contributed by atoms with van der Waals surface area (Å²) in [5.41, 5.74) is 0.526. The molecule has 1 unspecified atom stereocenters. The molecule has 1 atom stereocenters. The van der Waals surface area contributed by atoms with Gasteiger partial charge in [-0.3, -0.25) is 4.79 Å². The van der Waals surface area contributed by atoms with Crippen molar-refractivity contribution in [2.75, 3.05) is 6.54 Å². The monoisotopic (exact) mass is 281 g/mol. The van der Waals surface area contributed by atoms with E-state index in [4.69, 9.17) is 11.6 Å². The molecule has 0 bridgehead atoms. The third-order valence-corrected chi connectivity index (χ3v) is 3.66. The Balaban J connectivity index is 1.90. The predicted octanol–water partition coefficient (Wildman–Crippen LogP) is 2.86. The number of carbonyl (C=O) groups excluding carboxylic acids is 1. The Morgan fingerprint density at radius 3 is 2.67 bits per heavy atom. The first kappa shape index (κ1) is 13.1. The molecule has 2 rings (SSSR count). The molecule has 1 aromatic carbocycles. The van der Waals surface area contributed by atoms with Crippen molar-refractivity contribution in [3.8, 4) is 0 Å². The summed E-state index contributed by atoms with van der Waals surface area (Å²) in [6.45, 7) is 0.196. The molecule has 3 nitrogen and oxygen atoms in total. The lowest BCUT2D eigenvalue weighted by atomic mass is 10.2. The van der Waals surface area contributed by atoms with Gasteiger partial charge < -0.3 is 10.4 Å². The van der Waals surface area contributed by atoms with Crippen LogP contribution < -0.4 is 5.32 Å². The second-order valence-corrected chi connectivity index (χ2v) is 5.16. The fourth-order valence-electron chi connectivity index (χ4n) is 1.47. The zero-order valence-electron chi connectivity index (χ0n) is 9.47. The summed E-state index contributed by atoms with van der Waals surface area (Å²) in [5.74, 6) is -0.220. The highest BCUT2D eigenvalue weighted by Gasteiger charge is 2.11. The normalized spacial score (nSPS) is 12.1.